The van der Waals surface area contributed by atoms with Gasteiger partial charge in [0.1, 0.15) is 11.6 Å². The Morgan fingerprint density at radius 1 is 1.05 bits per heavy atom. The summed E-state index contributed by atoms with van der Waals surface area (Å²) in [4.78, 5) is 35.6. The SMILES string of the molecule is COc1ccc([N+](=O)[O-])cc1NC(=O)C(C)OC(=O)c1cc(S(=O)(=O)Nc2ccc(F)cc2)ccc1C. The second-order valence-electron chi connectivity index (χ2n) is 7.77. The van der Waals surface area contributed by atoms with Crippen LogP contribution in [0.1, 0.15) is 22.8 Å². The normalized spacial score (nSPS) is 11.8. The summed E-state index contributed by atoms with van der Waals surface area (Å²) in [6, 6.07) is 12.0. The number of carbonyl (C=O) groups is 2. The van der Waals surface area contributed by atoms with E-state index >= 15 is 0 Å². The van der Waals surface area contributed by atoms with Crippen molar-refractivity contribution in [2.75, 3.05) is 17.1 Å². The van der Waals surface area contributed by atoms with Gasteiger partial charge in [0.15, 0.2) is 6.10 Å². The topological polar surface area (TPSA) is 154 Å². The molecular formula is C24H22FN3O8S. The molecule has 1 atom stereocenters. The predicted octanol–water partition coefficient (Wildman–Crippen LogP) is 4.04. The lowest BCUT2D eigenvalue weighted by molar-refractivity contribution is -0.384. The largest absolute Gasteiger partial charge is 0.495 e. The fourth-order valence-corrected chi connectivity index (χ4v) is 4.22. The minimum Gasteiger partial charge on any atom is -0.495 e. The van der Waals surface area contributed by atoms with Gasteiger partial charge in [-0.05, 0) is 61.9 Å². The molecule has 1 amide bonds. The van der Waals surface area contributed by atoms with E-state index < -0.39 is 38.7 Å². The molecule has 0 fully saturated rings. The lowest BCUT2D eigenvalue weighted by atomic mass is 10.1. The lowest BCUT2D eigenvalue weighted by Crippen LogP contribution is -2.30. The van der Waals surface area contributed by atoms with Gasteiger partial charge in [0.2, 0.25) is 0 Å². The molecule has 194 valence electrons. The Labute approximate surface area is 211 Å². The minimum absolute atomic E-state index is 0.000683. The van der Waals surface area contributed by atoms with Crippen molar-refractivity contribution in [2.45, 2.75) is 24.8 Å². The van der Waals surface area contributed by atoms with Crippen LogP contribution in [0.3, 0.4) is 0 Å². The van der Waals surface area contributed by atoms with E-state index in [1.807, 2.05) is 0 Å². The lowest BCUT2D eigenvalue weighted by Gasteiger charge is -2.16. The number of amides is 1. The minimum atomic E-state index is -4.13. The third-order valence-corrected chi connectivity index (χ3v) is 6.52. The van der Waals surface area contributed by atoms with Crippen molar-refractivity contribution in [3.8, 4) is 5.75 Å². The summed E-state index contributed by atoms with van der Waals surface area (Å²) < 4.78 is 51.2. The van der Waals surface area contributed by atoms with E-state index in [0.717, 1.165) is 24.3 Å². The first-order chi connectivity index (χ1) is 17.4. The molecule has 3 rings (SSSR count). The Morgan fingerprint density at radius 3 is 2.35 bits per heavy atom. The highest BCUT2D eigenvalue weighted by molar-refractivity contribution is 7.92. The number of benzene rings is 3. The maximum Gasteiger partial charge on any atom is 0.339 e. The number of methoxy groups -OCH3 is 1. The first-order valence-electron chi connectivity index (χ1n) is 10.6. The van der Waals surface area contributed by atoms with Gasteiger partial charge in [0, 0.05) is 17.8 Å². The van der Waals surface area contributed by atoms with Crippen molar-refractivity contribution >= 4 is 39.0 Å². The second-order valence-corrected chi connectivity index (χ2v) is 9.45. The average Bonchev–Trinajstić information content (AvgIpc) is 2.85. The van der Waals surface area contributed by atoms with Crippen LogP contribution in [0.15, 0.2) is 65.6 Å². The number of ether oxygens (including phenoxy) is 2. The summed E-state index contributed by atoms with van der Waals surface area (Å²) in [5, 5.41) is 13.5. The summed E-state index contributed by atoms with van der Waals surface area (Å²) in [6.07, 6.45) is -1.35. The molecule has 3 aromatic carbocycles. The highest BCUT2D eigenvalue weighted by Gasteiger charge is 2.24. The van der Waals surface area contributed by atoms with E-state index in [-0.39, 0.29) is 33.3 Å². The van der Waals surface area contributed by atoms with Crippen molar-refractivity contribution in [1.82, 2.24) is 0 Å². The quantitative estimate of drug-likeness (QED) is 0.238. The van der Waals surface area contributed by atoms with Crippen LogP contribution in [0.2, 0.25) is 0 Å². The second kappa shape index (κ2) is 11.0. The molecule has 3 aromatic rings. The van der Waals surface area contributed by atoms with Crippen molar-refractivity contribution < 1.29 is 36.8 Å². The molecule has 0 saturated heterocycles. The van der Waals surface area contributed by atoms with Gasteiger partial charge in [-0.3, -0.25) is 19.6 Å². The first-order valence-corrected chi connectivity index (χ1v) is 12.1. The number of carbonyl (C=O) groups excluding carboxylic acids is 2. The number of hydrogen-bond donors (Lipinski definition) is 2. The molecule has 0 aliphatic carbocycles. The van der Waals surface area contributed by atoms with Crippen LogP contribution in [0.5, 0.6) is 5.75 Å². The number of sulfonamides is 1. The Kier molecular flexibility index (Phi) is 8.07. The summed E-state index contributed by atoms with van der Waals surface area (Å²) in [7, 11) is -2.82. The maximum atomic E-state index is 13.1. The van der Waals surface area contributed by atoms with Gasteiger partial charge < -0.3 is 14.8 Å². The van der Waals surface area contributed by atoms with Crippen LogP contribution >= 0.6 is 0 Å². The van der Waals surface area contributed by atoms with Crippen LogP contribution < -0.4 is 14.8 Å². The summed E-state index contributed by atoms with van der Waals surface area (Å²) in [5.74, 6) is -2.15. The predicted molar refractivity (Wildman–Crippen MR) is 132 cm³/mol. The van der Waals surface area contributed by atoms with Crippen molar-refractivity contribution in [1.29, 1.82) is 0 Å². The zero-order valence-corrected chi connectivity index (χ0v) is 20.7. The van der Waals surface area contributed by atoms with Crippen LogP contribution in [0.4, 0.5) is 21.5 Å². The van der Waals surface area contributed by atoms with Crippen LogP contribution in [-0.4, -0.2) is 38.4 Å². The number of esters is 1. The molecule has 2 N–H and O–H groups in total. The number of anilines is 2. The molecule has 0 heterocycles. The Hall–Kier alpha value is -4.52. The van der Waals surface area contributed by atoms with Gasteiger partial charge in [-0.15, -0.1) is 0 Å². The van der Waals surface area contributed by atoms with Gasteiger partial charge in [-0.2, -0.15) is 0 Å². The number of non-ortho nitro benzene ring substituents is 1. The number of aryl methyl sites for hydroxylation is 1. The van der Waals surface area contributed by atoms with Crippen molar-refractivity contribution in [3.05, 3.63) is 87.7 Å². The molecule has 37 heavy (non-hydrogen) atoms. The Balaban J connectivity index is 1.76. The van der Waals surface area contributed by atoms with Gasteiger partial charge in [0.05, 0.1) is 28.2 Å². The highest BCUT2D eigenvalue weighted by Crippen LogP contribution is 2.29. The van der Waals surface area contributed by atoms with E-state index in [4.69, 9.17) is 9.47 Å². The van der Waals surface area contributed by atoms with E-state index in [1.54, 1.807) is 6.92 Å². The number of nitrogens with zero attached hydrogens (tertiary/aromatic N) is 1. The zero-order chi connectivity index (χ0) is 27.3. The van der Waals surface area contributed by atoms with Crippen LogP contribution in [0.25, 0.3) is 0 Å². The van der Waals surface area contributed by atoms with Crippen molar-refractivity contribution in [3.63, 3.8) is 0 Å². The number of nitrogens with one attached hydrogen (secondary N) is 2. The smallest absolute Gasteiger partial charge is 0.339 e. The van der Waals surface area contributed by atoms with Gasteiger partial charge in [-0.25, -0.2) is 17.6 Å². The number of nitro groups is 1. The summed E-state index contributed by atoms with van der Waals surface area (Å²) in [5.41, 5.74) is 0.116. The fourth-order valence-electron chi connectivity index (χ4n) is 3.14. The number of nitro benzene ring substituents is 1. The number of rotatable bonds is 9. The summed E-state index contributed by atoms with van der Waals surface area (Å²) >= 11 is 0. The monoisotopic (exact) mass is 531 g/mol. The molecule has 0 bridgehead atoms. The fraction of sp³-hybridized carbons (Fsp3) is 0.167. The molecule has 0 saturated carbocycles. The first kappa shape index (κ1) is 27.1. The van der Waals surface area contributed by atoms with Gasteiger partial charge in [-0.1, -0.05) is 6.07 Å². The van der Waals surface area contributed by atoms with E-state index in [0.29, 0.717) is 5.56 Å². The molecule has 0 aromatic heterocycles. The number of hydrogen-bond acceptors (Lipinski definition) is 8. The maximum absolute atomic E-state index is 13.1. The van der Waals surface area contributed by atoms with Crippen molar-refractivity contribution in [2.24, 2.45) is 0 Å². The van der Waals surface area contributed by atoms with E-state index in [1.165, 1.54) is 50.4 Å². The molecule has 1 unspecified atom stereocenters. The standard InChI is InChI=1S/C24H22FN3O8S/c1-14-4-10-19(37(33,34)27-17-7-5-16(25)6-8-17)13-20(14)24(30)36-15(2)23(29)26-21-12-18(28(31)32)9-11-22(21)35-3/h4-13,15,27H,1-3H3,(H,26,29). The highest BCUT2D eigenvalue weighted by atomic mass is 32.2. The summed E-state index contributed by atoms with van der Waals surface area (Å²) in [6.45, 7) is 2.84. The van der Waals surface area contributed by atoms with Gasteiger partial charge >= 0.3 is 5.97 Å². The third-order valence-electron chi connectivity index (χ3n) is 5.14. The van der Waals surface area contributed by atoms with E-state index in [2.05, 4.69) is 10.0 Å². The molecule has 13 heteroatoms. The molecule has 0 radical (unpaired) electrons. The van der Waals surface area contributed by atoms with E-state index in [9.17, 15) is 32.5 Å². The Bertz CT molecular complexity index is 1460. The Morgan fingerprint density at radius 2 is 1.73 bits per heavy atom. The number of halogens is 1. The molecular weight excluding hydrogens is 509 g/mol. The molecule has 0 aliphatic heterocycles. The molecule has 11 nitrogen and oxygen atoms in total. The third kappa shape index (κ3) is 6.58. The zero-order valence-electron chi connectivity index (χ0n) is 19.9. The van der Waals surface area contributed by atoms with Crippen LogP contribution in [-0.2, 0) is 19.6 Å². The molecule has 0 aliphatic rings. The van der Waals surface area contributed by atoms with Gasteiger partial charge in [0.25, 0.3) is 21.6 Å². The average molecular weight is 532 g/mol. The molecule has 0 spiro atoms. The van der Waals surface area contributed by atoms with Crippen LogP contribution in [0, 0.1) is 22.9 Å².